The van der Waals surface area contributed by atoms with Crippen LogP contribution in [0.1, 0.15) is 31.9 Å². The summed E-state index contributed by atoms with van der Waals surface area (Å²) in [5.74, 6) is 0. The summed E-state index contributed by atoms with van der Waals surface area (Å²) in [4.78, 5) is 0.296. The van der Waals surface area contributed by atoms with E-state index < -0.39 is 15.6 Å². The number of hydrogen-bond donors (Lipinski definition) is 1. The quantitative estimate of drug-likeness (QED) is 0.849. The fraction of sp³-hybridized carbons (Fsp3) is 0.600. The molecule has 118 valence electrons. The van der Waals surface area contributed by atoms with E-state index in [4.69, 9.17) is 10.5 Å². The zero-order valence-corrected chi connectivity index (χ0v) is 14.1. The number of sulfonamides is 1. The first-order valence-corrected chi connectivity index (χ1v) is 8.51. The summed E-state index contributed by atoms with van der Waals surface area (Å²) in [5.41, 5.74) is 7.39. The van der Waals surface area contributed by atoms with Crippen LogP contribution in [0.4, 0.5) is 5.69 Å². The van der Waals surface area contributed by atoms with Crippen LogP contribution < -0.4 is 5.73 Å². The van der Waals surface area contributed by atoms with Crippen LogP contribution >= 0.6 is 0 Å². The van der Waals surface area contributed by atoms with Gasteiger partial charge in [-0.3, -0.25) is 0 Å². The monoisotopic (exact) mass is 312 g/mol. The predicted molar refractivity (Wildman–Crippen MR) is 83.7 cm³/mol. The molecule has 0 bridgehead atoms. The minimum Gasteiger partial charge on any atom is -0.398 e. The number of rotatable bonds is 2. The third-order valence-corrected chi connectivity index (χ3v) is 5.64. The fourth-order valence-electron chi connectivity index (χ4n) is 2.84. The Hall–Kier alpha value is -1.11. The summed E-state index contributed by atoms with van der Waals surface area (Å²) in [5, 5.41) is 0. The second-order valence-electron chi connectivity index (χ2n) is 6.46. The van der Waals surface area contributed by atoms with Gasteiger partial charge in [0, 0.05) is 18.8 Å². The smallest absolute Gasteiger partial charge is 0.243 e. The van der Waals surface area contributed by atoms with Gasteiger partial charge in [0.25, 0.3) is 0 Å². The second kappa shape index (κ2) is 5.26. The molecule has 0 amide bonds. The molecule has 5 nitrogen and oxygen atoms in total. The molecule has 2 rings (SSSR count). The number of nitrogens with zero attached hydrogens (tertiary/aromatic N) is 1. The number of nitrogen functional groups attached to an aromatic ring is 1. The van der Waals surface area contributed by atoms with Gasteiger partial charge in [-0.15, -0.1) is 0 Å². The molecule has 1 atom stereocenters. The van der Waals surface area contributed by atoms with Crippen LogP contribution in [-0.4, -0.2) is 37.5 Å². The normalized spacial score (nSPS) is 23.2. The molecule has 6 heteroatoms. The van der Waals surface area contributed by atoms with E-state index >= 15 is 0 Å². The van der Waals surface area contributed by atoms with Gasteiger partial charge in [0.05, 0.1) is 16.6 Å². The molecule has 0 saturated carbocycles. The molecule has 1 aliphatic heterocycles. The second-order valence-corrected chi connectivity index (χ2v) is 8.37. The molecule has 0 spiro atoms. The van der Waals surface area contributed by atoms with Gasteiger partial charge in [0.15, 0.2) is 0 Å². The minimum absolute atomic E-state index is 0.133. The van der Waals surface area contributed by atoms with Crippen LogP contribution in [0.15, 0.2) is 17.0 Å². The first-order chi connectivity index (χ1) is 9.53. The highest BCUT2D eigenvalue weighted by Crippen LogP contribution is 2.30. The lowest BCUT2D eigenvalue weighted by atomic mass is 10.1. The van der Waals surface area contributed by atoms with Crippen molar-refractivity contribution in [2.75, 3.05) is 18.8 Å². The Morgan fingerprint density at radius 2 is 1.95 bits per heavy atom. The Balaban J connectivity index is 2.48. The van der Waals surface area contributed by atoms with Gasteiger partial charge in [-0.05, 0) is 57.9 Å². The van der Waals surface area contributed by atoms with Crippen LogP contribution in [0.5, 0.6) is 0 Å². The molecule has 2 N–H and O–H groups in total. The first kappa shape index (κ1) is 16.3. The van der Waals surface area contributed by atoms with Crippen molar-refractivity contribution < 1.29 is 13.2 Å². The molecular formula is C15H24N2O3S. The summed E-state index contributed by atoms with van der Waals surface area (Å²) >= 11 is 0. The van der Waals surface area contributed by atoms with Crippen molar-refractivity contribution in [1.82, 2.24) is 4.31 Å². The van der Waals surface area contributed by atoms with Gasteiger partial charge in [-0.2, -0.15) is 4.31 Å². The third-order valence-electron chi connectivity index (χ3n) is 3.70. The molecule has 1 saturated heterocycles. The van der Waals surface area contributed by atoms with Gasteiger partial charge in [-0.25, -0.2) is 8.42 Å². The molecule has 1 fully saturated rings. The number of benzene rings is 1. The van der Waals surface area contributed by atoms with E-state index in [1.54, 1.807) is 19.1 Å². The molecule has 1 heterocycles. The molecule has 1 unspecified atom stereocenters. The number of aryl methyl sites for hydroxylation is 1. The standard InChI is InChI=1S/C15H24N2O3S/c1-10-6-13(16)12(3)14(7-10)21(18,19)17-8-11(2)20-15(4,5)9-17/h6-7,11H,8-9,16H2,1-5H3. The van der Waals surface area contributed by atoms with Crippen molar-refractivity contribution in [3.8, 4) is 0 Å². The molecule has 1 aliphatic rings. The number of morpholine rings is 1. The summed E-state index contributed by atoms with van der Waals surface area (Å²) in [6, 6.07) is 3.48. The maximum atomic E-state index is 13.0. The fourth-order valence-corrected chi connectivity index (χ4v) is 4.84. The lowest BCUT2D eigenvalue weighted by molar-refractivity contribution is -0.109. The van der Waals surface area contributed by atoms with E-state index in [0.717, 1.165) is 5.56 Å². The van der Waals surface area contributed by atoms with Crippen molar-refractivity contribution in [3.05, 3.63) is 23.3 Å². The summed E-state index contributed by atoms with van der Waals surface area (Å²) in [7, 11) is -3.57. The predicted octanol–water partition coefficient (Wildman–Crippen LogP) is 2.07. The van der Waals surface area contributed by atoms with Crippen LogP contribution in [-0.2, 0) is 14.8 Å². The number of hydrogen-bond acceptors (Lipinski definition) is 4. The molecular weight excluding hydrogens is 288 g/mol. The zero-order valence-electron chi connectivity index (χ0n) is 13.3. The maximum Gasteiger partial charge on any atom is 0.243 e. The SMILES string of the molecule is Cc1cc(N)c(C)c(S(=O)(=O)N2CC(C)OC(C)(C)C2)c1. The van der Waals surface area contributed by atoms with Crippen molar-refractivity contribution in [2.24, 2.45) is 0 Å². The van der Waals surface area contributed by atoms with E-state index in [9.17, 15) is 8.42 Å². The molecule has 1 aromatic rings. The maximum absolute atomic E-state index is 13.0. The molecule has 21 heavy (non-hydrogen) atoms. The van der Waals surface area contributed by atoms with E-state index in [2.05, 4.69) is 0 Å². The highest BCUT2D eigenvalue weighted by molar-refractivity contribution is 7.89. The van der Waals surface area contributed by atoms with Crippen molar-refractivity contribution in [3.63, 3.8) is 0 Å². The molecule has 1 aromatic carbocycles. The zero-order chi connectivity index (χ0) is 16.0. The largest absolute Gasteiger partial charge is 0.398 e. The minimum atomic E-state index is -3.57. The van der Waals surface area contributed by atoms with E-state index in [-0.39, 0.29) is 6.10 Å². The van der Waals surface area contributed by atoms with Crippen LogP contribution in [0, 0.1) is 13.8 Å². The van der Waals surface area contributed by atoms with Crippen LogP contribution in [0.3, 0.4) is 0 Å². The summed E-state index contributed by atoms with van der Waals surface area (Å²) in [6.07, 6.45) is -0.133. The number of nitrogens with two attached hydrogens (primary N) is 1. The van der Waals surface area contributed by atoms with Crippen molar-refractivity contribution in [2.45, 2.75) is 51.2 Å². The first-order valence-electron chi connectivity index (χ1n) is 7.07. The highest BCUT2D eigenvalue weighted by Gasteiger charge is 2.38. The van der Waals surface area contributed by atoms with E-state index in [0.29, 0.717) is 29.2 Å². The third kappa shape index (κ3) is 3.22. The van der Waals surface area contributed by atoms with E-state index in [1.165, 1.54) is 4.31 Å². The van der Waals surface area contributed by atoms with Crippen LogP contribution in [0.25, 0.3) is 0 Å². The number of ether oxygens (including phenoxy) is 1. The van der Waals surface area contributed by atoms with Gasteiger partial charge in [0.2, 0.25) is 10.0 Å². The Kier molecular flexibility index (Phi) is 4.08. The van der Waals surface area contributed by atoms with Crippen molar-refractivity contribution >= 4 is 15.7 Å². The Labute approximate surface area is 127 Å². The van der Waals surface area contributed by atoms with E-state index in [1.807, 2.05) is 27.7 Å². The average Bonchev–Trinajstić information content (AvgIpc) is 2.31. The Morgan fingerprint density at radius 3 is 2.52 bits per heavy atom. The van der Waals surface area contributed by atoms with Crippen LogP contribution in [0.2, 0.25) is 0 Å². The molecule has 0 aromatic heterocycles. The van der Waals surface area contributed by atoms with Gasteiger partial charge < -0.3 is 10.5 Å². The Morgan fingerprint density at radius 1 is 1.33 bits per heavy atom. The highest BCUT2D eigenvalue weighted by atomic mass is 32.2. The lowest BCUT2D eigenvalue weighted by Gasteiger charge is -2.41. The molecule has 0 radical (unpaired) electrons. The number of anilines is 1. The average molecular weight is 312 g/mol. The molecule has 0 aliphatic carbocycles. The Bertz CT molecular complexity index is 653. The van der Waals surface area contributed by atoms with Gasteiger partial charge in [0.1, 0.15) is 0 Å². The van der Waals surface area contributed by atoms with Crippen molar-refractivity contribution in [1.29, 1.82) is 0 Å². The summed E-state index contributed by atoms with van der Waals surface area (Å²) in [6.45, 7) is 10.00. The topological polar surface area (TPSA) is 72.6 Å². The summed E-state index contributed by atoms with van der Waals surface area (Å²) < 4.78 is 33.2. The lowest BCUT2D eigenvalue weighted by Crippen LogP contribution is -2.53. The van der Waals surface area contributed by atoms with Gasteiger partial charge in [-0.1, -0.05) is 0 Å². The van der Waals surface area contributed by atoms with Gasteiger partial charge >= 0.3 is 0 Å².